The Labute approximate surface area is 198 Å². The quantitative estimate of drug-likeness (QED) is 0.434. The molecule has 178 valence electrons. The fourth-order valence-corrected chi connectivity index (χ4v) is 4.37. The molecule has 1 atom stereocenters. The minimum absolute atomic E-state index is 0.0524. The lowest BCUT2D eigenvalue weighted by atomic mass is 9.99. The van der Waals surface area contributed by atoms with E-state index in [1.807, 2.05) is 18.3 Å². The number of carbonyl (C=O) groups excluding carboxylic acids is 1. The van der Waals surface area contributed by atoms with Crippen LogP contribution in [0.5, 0.6) is 0 Å². The minimum Gasteiger partial charge on any atom is -0.389 e. The van der Waals surface area contributed by atoms with Crippen LogP contribution >= 0.6 is 0 Å². The highest BCUT2D eigenvalue weighted by Crippen LogP contribution is 2.41. The summed E-state index contributed by atoms with van der Waals surface area (Å²) in [6, 6.07) is 3.73. The van der Waals surface area contributed by atoms with Gasteiger partial charge in [0.25, 0.3) is 5.91 Å². The molecular formula is C24H30N8O2. The predicted molar refractivity (Wildman–Crippen MR) is 128 cm³/mol. The summed E-state index contributed by atoms with van der Waals surface area (Å²) in [5.41, 5.74) is 8.39. The van der Waals surface area contributed by atoms with Gasteiger partial charge in [-0.3, -0.25) is 14.5 Å². The number of piperidine rings is 1. The van der Waals surface area contributed by atoms with E-state index < -0.39 is 5.60 Å². The molecule has 34 heavy (non-hydrogen) atoms. The third-order valence-corrected chi connectivity index (χ3v) is 6.43. The molecule has 0 radical (unpaired) electrons. The fourth-order valence-electron chi connectivity index (χ4n) is 4.37. The number of anilines is 1. The average Bonchev–Trinajstić information content (AvgIpc) is 3.40. The number of rotatable bonds is 6. The summed E-state index contributed by atoms with van der Waals surface area (Å²) in [6.07, 6.45) is 11.2. The van der Waals surface area contributed by atoms with Crippen LogP contribution in [0.25, 0.3) is 22.5 Å². The first kappa shape index (κ1) is 22.4. The van der Waals surface area contributed by atoms with Gasteiger partial charge >= 0.3 is 0 Å². The number of hydrogen-bond acceptors (Lipinski definition) is 8. The predicted octanol–water partition coefficient (Wildman–Crippen LogP) is 1.77. The van der Waals surface area contributed by atoms with Crippen molar-refractivity contribution in [3.8, 4) is 22.5 Å². The zero-order valence-electron chi connectivity index (χ0n) is 19.5. The monoisotopic (exact) mass is 462 g/mol. The highest BCUT2D eigenvalue weighted by Gasteiger charge is 2.44. The third kappa shape index (κ3) is 4.92. The fraction of sp³-hybridized carbons (Fsp3) is 0.458. The molecule has 1 saturated carbocycles. The molecule has 0 bridgehead atoms. The molecule has 1 aliphatic heterocycles. The maximum absolute atomic E-state index is 12.9. The molecule has 1 saturated heterocycles. The Morgan fingerprint density at radius 3 is 2.79 bits per heavy atom. The van der Waals surface area contributed by atoms with E-state index in [9.17, 15) is 9.90 Å². The Bertz CT molecular complexity index is 1200. The van der Waals surface area contributed by atoms with Gasteiger partial charge in [-0.15, -0.1) is 0 Å². The first-order chi connectivity index (χ1) is 16.2. The van der Waals surface area contributed by atoms with Crippen molar-refractivity contribution in [1.29, 1.82) is 0 Å². The minimum atomic E-state index is -0.873. The van der Waals surface area contributed by atoms with Gasteiger partial charge < -0.3 is 21.5 Å². The molecule has 0 aromatic carbocycles. The highest BCUT2D eigenvalue weighted by atomic mass is 16.3. The van der Waals surface area contributed by atoms with E-state index in [0.717, 1.165) is 30.5 Å². The van der Waals surface area contributed by atoms with E-state index in [2.05, 4.69) is 30.7 Å². The van der Waals surface area contributed by atoms with Crippen LogP contribution in [-0.4, -0.2) is 59.5 Å². The normalized spacial score (nSPS) is 19.2. The molecule has 2 aliphatic rings. The first-order valence-corrected chi connectivity index (χ1v) is 11.6. The average molecular weight is 463 g/mol. The topological polar surface area (TPSA) is 144 Å². The standard InChI is InChI=1S/C24H30N8O2/c1-23(2,34)14-32-13-16(10-29-32)18-9-15(4-8-26-18)19-12-27-21(25)20(31-19)22(33)30-17-3-5-24(6-7-24)28-11-17/h4,8-10,12-13,17,28,34H,3,5-7,11,14H2,1-2H3,(H2,25,27)(H,30,33). The number of aliphatic hydroxyl groups is 1. The van der Waals surface area contributed by atoms with Gasteiger partial charge in [0.05, 0.1) is 35.9 Å². The maximum atomic E-state index is 12.9. The zero-order chi connectivity index (χ0) is 23.9. The van der Waals surface area contributed by atoms with Crippen LogP contribution < -0.4 is 16.4 Å². The molecular weight excluding hydrogens is 432 g/mol. The summed E-state index contributed by atoms with van der Waals surface area (Å²) in [5.74, 6) is -0.210. The third-order valence-electron chi connectivity index (χ3n) is 6.43. The molecule has 2 fully saturated rings. The number of aromatic nitrogens is 5. The molecule has 1 unspecified atom stereocenters. The lowest BCUT2D eigenvalue weighted by Gasteiger charge is -2.30. The Morgan fingerprint density at radius 1 is 1.26 bits per heavy atom. The number of carbonyl (C=O) groups is 1. The summed E-state index contributed by atoms with van der Waals surface area (Å²) in [7, 11) is 0. The first-order valence-electron chi connectivity index (χ1n) is 11.6. The van der Waals surface area contributed by atoms with Crippen molar-refractivity contribution < 1.29 is 9.90 Å². The van der Waals surface area contributed by atoms with Crippen molar-refractivity contribution in [1.82, 2.24) is 35.4 Å². The molecule has 5 N–H and O–H groups in total. The Morgan fingerprint density at radius 2 is 2.09 bits per heavy atom. The van der Waals surface area contributed by atoms with Gasteiger partial charge in [0, 0.05) is 41.6 Å². The Hall–Kier alpha value is -3.37. The summed E-state index contributed by atoms with van der Waals surface area (Å²) in [4.78, 5) is 26.1. The number of nitrogens with one attached hydrogen (secondary N) is 2. The smallest absolute Gasteiger partial charge is 0.274 e. The second-order valence-electron chi connectivity index (χ2n) is 10.0. The molecule has 1 amide bonds. The van der Waals surface area contributed by atoms with Crippen LogP contribution in [0, 0.1) is 0 Å². The van der Waals surface area contributed by atoms with Gasteiger partial charge in [0.2, 0.25) is 0 Å². The van der Waals surface area contributed by atoms with Crippen LogP contribution in [0.4, 0.5) is 5.82 Å². The van der Waals surface area contributed by atoms with Crippen molar-refractivity contribution in [2.45, 2.75) is 63.3 Å². The van der Waals surface area contributed by atoms with Gasteiger partial charge in [-0.1, -0.05) is 0 Å². The van der Waals surface area contributed by atoms with Gasteiger partial charge in [-0.25, -0.2) is 9.97 Å². The van der Waals surface area contributed by atoms with Gasteiger partial charge in [0.15, 0.2) is 11.5 Å². The lowest BCUT2D eigenvalue weighted by molar-refractivity contribution is 0.0577. The Balaban J connectivity index is 1.33. The highest BCUT2D eigenvalue weighted by molar-refractivity contribution is 5.97. The number of nitrogen functional groups attached to an aromatic ring is 1. The SMILES string of the molecule is CC(C)(O)Cn1cc(-c2cc(-c3cnc(N)c(C(=O)NC4CCC5(CC5)NC4)n3)ccn2)cn1. The number of hydrogen-bond donors (Lipinski definition) is 4. The van der Waals surface area contributed by atoms with Crippen molar-refractivity contribution in [2.75, 3.05) is 12.3 Å². The number of amides is 1. The van der Waals surface area contributed by atoms with Crippen LogP contribution in [0.2, 0.25) is 0 Å². The lowest BCUT2D eigenvalue weighted by Crippen LogP contribution is -2.50. The summed E-state index contributed by atoms with van der Waals surface area (Å²) < 4.78 is 1.68. The van der Waals surface area contributed by atoms with Crippen molar-refractivity contribution in [3.05, 3.63) is 42.6 Å². The van der Waals surface area contributed by atoms with Gasteiger partial charge in [-0.05, 0) is 51.7 Å². The van der Waals surface area contributed by atoms with E-state index in [0.29, 0.717) is 23.5 Å². The van der Waals surface area contributed by atoms with Crippen molar-refractivity contribution in [2.24, 2.45) is 0 Å². The molecule has 5 rings (SSSR count). The van der Waals surface area contributed by atoms with Gasteiger partial charge in [-0.2, -0.15) is 5.10 Å². The molecule has 1 spiro atoms. The van der Waals surface area contributed by atoms with Crippen molar-refractivity contribution >= 4 is 11.7 Å². The van der Waals surface area contributed by atoms with E-state index in [1.54, 1.807) is 37.1 Å². The van der Waals surface area contributed by atoms with E-state index >= 15 is 0 Å². The molecule has 1 aliphatic carbocycles. The van der Waals surface area contributed by atoms with Crippen LogP contribution in [0.15, 0.2) is 36.9 Å². The van der Waals surface area contributed by atoms with E-state index in [-0.39, 0.29) is 23.5 Å². The molecule has 10 nitrogen and oxygen atoms in total. The van der Waals surface area contributed by atoms with E-state index in [1.165, 1.54) is 12.8 Å². The van der Waals surface area contributed by atoms with Crippen LogP contribution in [0.3, 0.4) is 0 Å². The second kappa shape index (κ2) is 8.44. The second-order valence-corrected chi connectivity index (χ2v) is 10.0. The maximum Gasteiger partial charge on any atom is 0.274 e. The van der Waals surface area contributed by atoms with Crippen LogP contribution in [0.1, 0.15) is 50.0 Å². The number of nitrogens with zero attached hydrogens (tertiary/aromatic N) is 5. The zero-order valence-corrected chi connectivity index (χ0v) is 19.5. The number of nitrogens with two attached hydrogens (primary N) is 1. The van der Waals surface area contributed by atoms with E-state index in [4.69, 9.17) is 5.73 Å². The van der Waals surface area contributed by atoms with Crippen LogP contribution in [-0.2, 0) is 6.54 Å². The molecule has 3 aromatic heterocycles. The van der Waals surface area contributed by atoms with Gasteiger partial charge in [0.1, 0.15) is 0 Å². The number of pyridine rings is 1. The molecule has 10 heteroatoms. The van der Waals surface area contributed by atoms with Crippen molar-refractivity contribution in [3.63, 3.8) is 0 Å². The molecule has 4 heterocycles. The Kier molecular flexibility index (Phi) is 5.57. The summed E-state index contributed by atoms with van der Waals surface area (Å²) in [6.45, 7) is 4.59. The summed E-state index contributed by atoms with van der Waals surface area (Å²) >= 11 is 0. The largest absolute Gasteiger partial charge is 0.389 e. The molecule has 3 aromatic rings. The summed E-state index contributed by atoms with van der Waals surface area (Å²) in [5, 5.41) is 20.9.